The first-order valence-electron chi connectivity index (χ1n) is 5.34. The molecule has 0 spiro atoms. The van der Waals surface area contributed by atoms with Crippen molar-refractivity contribution in [1.29, 1.82) is 0 Å². The minimum Gasteiger partial charge on any atom is -0.480 e. The van der Waals surface area contributed by atoms with Crippen LogP contribution in [-0.4, -0.2) is 36.2 Å². The van der Waals surface area contributed by atoms with E-state index >= 15 is 0 Å². The molecule has 0 aliphatic heterocycles. The summed E-state index contributed by atoms with van der Waals surface area (Å²) in [6.45, 7) is -1.23. The van der Waals surface area contributed by atoms with E-state index in [0.717, 1.165) is 0 Å². The zero-order valence-electron chi connectivity index (χ0n) is 10.3. The Hall–Kier alpha value is -1.54. The number of rotatable bonds is 5. The first-order chi connectivity index (χ1) is 9.79. The quantitative estimate of drug-likeness (QED) is 0.752. The van der Waals surface area contributed by atoms with E-state index in [4.69, 9.17) is 39.9 Å². The molecule has 0 aliphatic rings. The van der Waals surface area contributed by atoms with Crippen LogP contribution in [0.15, 0.2) is 12.1 Å². The van der Waals surface area contributed by atoms with Crippen LogP contribution in [-0.2, 0) is 14.3 Å². The highest BCUT2D eigenvalue weighted by atomic mass is 35.5. The number of ether oxygens (including phenoxy) is 1. The molecule has 0 atom stereocenters. The van der Waals surface area contributed by atoms with Gasteiger partial charge in [-0.2, -0.15) is 0 Å². The van der Waals surface area contributed by atoms with Gasteiger partial charge >= 0.3 is 12.0 Å². The fraction of sp³-hybridized carbons (Fsp3) is 0.182. The number of carboxylic acids is 1. The van der Waals surface area contributed by atoms with E-state index in [2.05, 4.69) is 10.1 Å². The number of carbonyl (C=O) groups is 3. The van der Waals surface area contributed by atoms with Crippen molar-refractivity contribution in [3.8, 4) is 0 Å². The van der Waals surface area contributed by atoms with Crippen LogP contribution in [0.1, 0.15) is 0 Å². The van der Waals surface area contributed by atoms with Crippen molar-refractivity contribution in [1.82, 2.24) is 5.32 Å². The van der Waals surface area contributed by atoms with Crippen molar-refractivity contribution >= 4 is 58.4 Å². The zero-order chi connectivity index (χ0) is 16.0. The van der Waals surface area contributed by atoms with Crippen molar-refractivity contribution in [3.05, 3.63) is 27.2 Å². The van der Waals surface area contributed by atoms with E-state index in [1.54, 1.807) is 0 Å². The standard InChI is InChI=1S/C11H9Cl3N2O5/c12-5-1-6(13)10(7(14)2-5)16-11(20)15-8(17)3-21-4-9(18)19/h1-2H,3-4H2,(H,18,19)(H2,15,16,17,20). The molecule has 114 valence electrons. The molecule has 0 bridgehead atoms. The predicted molar refractivity (Wildman–Crippen MR) is 77.1 cm³/mol. The normalized spacial score (nSPS) is 10.0. The van der Waals surface area contributed by atoms with Gasteiger partial charge in [0.15, 0.2) is 0 Å². The second-order valence-corrected chi connectivity index (χ2v) is 4.88. The summed E-state index contributed by atoms with van der Waals surface area (Å²) in [5.41, 5.74) is 0.0829. The molecular weight excluding hydrogens is 346 g/mol. The number of carboxylic acid groups (broad SMARTS) is 1. The summed E-state index contributed by atoms with van der Waals surface area (Å²) >= 11 is 17.4. The van der Waals surface area contributed by atoms with Crippen LogP contribution in [0.4, 0.5) is 10.5 Å². The molecule has 21 heavy (non-hydrogen) atoms. The summed E-state index contributed by atoms with van der Waals surface area (Å²) in [4.78, 5) is 33.0. The Morgan fingerprint density at radius 1 is 1.10 bits per heavy atom. The number of hydrogen-bond donors (Lipinski definition) is 3. The number of amides is 3. The van der Waals surface area contributed by atoms with Gasteiger partial charge in [0.25, 0.3) is 5.91 Å². The average molecular weight is 356 g/mol. The summed E-state index contributed by atoms with van der Waals surface area (Å²) in [7, 11) is 0. The van der Waals surface area contributed by atoms with E-state index in [-0.39, 0.29) is 20.8 Å². The first kappa shape index (κ1) is 17.5. The van der Waals surface area contributed by atoms with Crippen LogP contribution in [0.25, 0.3) is 0 Å². The molecule has 7 nitrogen and oxygen atoms in total. The summed E-state index contributed by atoms with van der Waals surface area (Å²) < 4.78 is 4.51. The molecule has 0 heterocycles. The van der Waals surface area contributed by atoms with Gasteiger partial charge in [-0.15, -0.1) is 0 Å². The maximum absolute atomic E-state index is 11.5. The van der Waals surface area contributed by atoms with Gasteiger partial charge in [-0.1, -0.05) is 34.8 Å². The minimum atomic E-state index is -1.23. The highest BCUT2D eigenvalue weighted by Crippen LogP contribution is 2.33. The predicted octanol–water partition coefficient (Wildman–Crippen LogP) is 2.40. The molecule has 0 aromatic heterocycles. The highest BCUT2D eigenvalue weighted by Gasteiger charge is 2.13. The summed E-state index contributed by atoms with van der Waals surface area (Å²) in [6, 6.07) is 1.83. The fourth-order valence-electron chi connectivity index (χ4n) is 1.20. The van der Waals surface area contributed by atoms with Crippen LogP contribution in [0.5, 0.6) is 0 Å². The van der Waals surface area contributed by atoms with Crippen molar-refractivity contribution in [3.63, 3.8) is 0 Å². The van der Waals surface area contributed by atoms with Crippen LogP contribution >= 0.6 is 34.8 Å². The number of nitrogens with one attached hydrogen (secondary N) is 2. The molecule has 0 aliphatic carbocycles. The minimum absolute atomic E-state index is 0.0829. The Kier molecular flexibility index (Phi) is 6.70. The lowest BCUT2D eigenvalue weighted by atomic mass is 10.3. The van der Waals surface area contributed by atoms with Gasteiger partial charge in [0.05, 0.1) is 15.7 Å². The molecular formula is C11H9Cl3N2O5. The van der Waals surface area contributed by atoms with Gasteiger partial charge in [-0.25, -0.2) is 9.59 Å². The molecule has 1 aromatic carbocycles. The van der Waals surface area contributed by atoms with Gasteiger partial charge in [-0.05, 0) is 12.1 Å². The zero-order valence-corrected chi connectivity index (χ0v) is 12.6. The van der Waals surface area contributed by atoms with Crippen LogP contribution in [0, 0.1) is 0 Å². The largest absolute Gasteiger partial charge is 0.480 e. The molecule has 10 heteroatoms. The Bertz CT molecular complexity index is 556. The smallest absolute Gasteiger partial charge is 0.329 e. The van der Waals surface area contributed by atoms with Crippen LogP contribution < -0.4 is 10.6 Å². The van der Waals surface area contributed by atoms with Gasteiger partial charge in [-0.3, -0.25) is 10.1 Å². The molecule has 0 saturated carbocycles. The third-order valence-corrected chi connectivity index (χ3v) is 2.77. The number of urea groups is 1. The molecule has 0 saturated heterocycles. The van der Waals surface area contributed by atoms with E-state index in [1.807, 2.05) is 5.32 Å². The number of benzene rings is 1. The number of imide groups is 1. The molecule has 3 amide bonds. The second kappa shape index (κ2) is 8.04. The Labute approximate surface area is 134 Å². The van der Waals surface area contributed by atoms with Crippen LogP contribution in [0.2, 0.25) is 15.1 Å². The van der Waals surface area contributed by atoms with Crippen molar-refractivity contribution in [2.75, 3.05) is 18.5 Å². The van der Waals surface area contributed by atoms with E-state index < -0.39 is 31.1 Å². The number of carbonyl (C=O) groups excluding carboxylic acids is 2. The lowest BCUT2D eigenvalue weighted by molar-refractivity contribution is -0.143. The fourth-order valence-corrected chi connectivity index (χ4v) is 2.11. The number of aliphatic carboxylic acids is 1. The summed E-state index contributed by atoms with van der Waals surface area (Å²) in [5, 5.41) is 13.0. The SMILES string of the molecule is O=C(O)COCC(=O)NC(=O)Nc1c(Cl)cc(Cl)cc1Cl. The van der Waals surface area contributed by atoms with Crippen LogP contribution in [0.3, 0.4) is 0 Å². The van der Waals surface area contributed by atoms with Crippen molar-refractivity contribution in [2.24, 2.45) is 0 Å². The van der Waals surface area contributed by atoms with E-state index in [0.29, 0.717) is 0 Å². The topological polar surface area (TPSA) is 105 Å². The van der Waals surface area contributed by atoms with Gasteiger partial charge in [0.1, 0.15) is 13.2 Å². The third-order valence-electron chi connectivity index (χ3n) is 1.96. The summed E-state index contributed by atoms with van der Waals surface area (Å²) in [6.07, 6.45) is 0. The van der Waals surface area contributed by atoms with Crippen molar-refractivity contribution in [2.45, 2.75) is 0 Å². The highest BCUT2D eigenvalue weighted by molar-refractivity contribution is 6.42. The monoisotopic (exact) mass is 354 g/mol. The molecule has 1 rings (SSSR count). The van der Waals surface area contributed by atoms with Gasteiger partial charge in [0.2, 0.25) is 0 Å². The summed E-state index contributed by atoms with van der Waals surface area (Å²) in [5.74, 6) is -2.05. The molecule has 1 aromatic rings. The second-order valence-electron chi connectivity index (χ2n) is 3.63. The third kappa shape index (κ3) is 6.17. The maximum atomic E-state index is 11.5. The lowest BCUT2D eigenvalue weighted by Crippen LogP contribution is -2.37. The van der Waals surface area contributed by atoms with E-state index in [9.17, 15) is 14.4 Å². The Morgan fingerprint density at radius 3 is 2.19 bits per heavy atom. The van der Waals surface area contributed by atoms with E-state index in [1.165, 1.54) is 12.1 Å². The lowest BCUT2D eigenvalue weighted by Gasteiger charge is -2.10. The molecule has 0 fully saturated rings. The first-order valence-corrected chi connectivity index (χ1v) is 6.48. The molecule has 0 radical (unpaired) electrons. The average Bonchev–Trinajstić information content (AvgIpc) is 2.33. The molecule has 3 N–H and O–H groups in total. The maximum Gasteiger partial charge on any atom is 0.329 e. The Morgan fingerprint density at radius 2 is 1.67 bits per heavy atom. The van der Waals surface area contributed by atoms with Gasteiger partial charge in [0, 0.05) is 5.02 Å². The number of halogens is 3. The number of hydrogen-bond acceptors (Lipinski definition) is 4. The Balaban J connectivity index is 2.54. The van der Waals surface area contributed by atoms with Crippen molar-refractivity contribution < 1.29 is 24.2 Å². The molecule has 0 unspecified atom stereocenters. The number of anilines is 1. The van der Waals surface area contributed by atoms with Gasteiger partial charge < -0.3 is 15.2 Å².